The summed E-state index contributed by atoms with van der Waals surface area (Å²) in [4.78, 5) is 32.3. The van der Waals surface area contributed by atoms with E-state index in [4.69, 9.17) is 4.74 Å². The predicted molar refractivity (Wildman–Crippen MR) is 138 cm³/mol. The van der Waals surface area contributed by atoms with Gasteiger partial charge in [-0.2, -0.15) is 0 Å². The van der Waals surface area contributed by atoms with Crippen molar-refractivity contribution >= 4 is 29.0 Å². The van der Waals surface area contributed by atoms with Gasteiger partial charge in [0.15, 0.2) is 0 Å². The van der Waals surface area contributed by atoms with Crippen LogP contribution in [0.2, 0.25) is 0 Å². The van der Waals surface area contributed by atoms with Gasteiger partial charge < -0.3 is 19.9 Å². The van der Waals surface area contributed by atoms with Gasteiger partial charge in [-0.05, 0) is 42.7 Å². The van der Waals surface area contributed by atoms with Gasteiger partial charge in [0, 0.05) is 35.6 Å². The zero-order valence-corrected chi connectivity index (χ0v) is 20.9. The number of hydrogen-bond acceptors (Lipinski definition) is 4. The van der Waals surface area contributed by atoms with Crippen LogP contribution in [0.4, 0.5) is 10.5 Å². The maximum atomic E-state index is 13.5. The van der Waals surface area contributed by atoms with E-state index in [1.54, 1.807) is 18.4 Å². The molecule has 3 amide bonds. The van der Waals surface area contributed by atoms with E-state index in [0.717, 1.165) is 28.1 Å². The van der Waals surface area contributed by atoms with Crippen molar-refractivity contribution in [3.63, 3.8) is 0 Å². The number of ether oxygens (including phenoxy) is 1. The Bertz CT molecular complexity index is 1070. The minimum atomic E-state index is -0.307. The Hall–Kier alpha value is -3.16. The van der Waals surface area contributed by atoms with E-state index in [2.05, 4.69) is 24.4 Å². The van der Waals surface area contributed by atoms with Crippen molar-refractivity contribution in [1.29, 1.82) is 0 Å². The van der Waals surface area contributed by atoms with Crippen LogP contribution in [-0.4, -0.2) is 48.5 Å². The normalized spacial score (nSPS) is 10.7. The Kier molecular flexibility index (Phi) is 9.67. The molecule has 6 nitrogen and oxygen atoms in total. The fourth-order valence-corrected chi connectivity index (χ4v) is 4.56. The lowest BCUT2D eigenvalue weighted by atomic mass is 10.1. The van der Waals surface area contributed by atoms with E-state index >= 15 is 0 Å². The van der Waals surface area contributed by atoms with Gasteiger partial charge in [0.25, 0.3) is 0 Å². The fourth-order valence-electron chi connectivity index (χ4n) is 3.66. The number of urea groups is 1. The molecule has 34 heavy (non-hydrogen) atoms. The Morgan fingerprint density at radius 1 is 0.941 bits per heavy atom. The number of thiophene rings is 1. The summed E-state index contributed by atoms with van der Waals surface area (Å²) in [5.74, 6) is -0.107. The molecular weight excluding hydrogens is 446 g/mol. The molecule has 0 bridgehead atoms. The Labute approximate surface area is 206 Å². The molecule has 0 saturated carbocycles. The summed E-state index contributed by atoms with van der Waals surface area (Å²) in [6, 6.07) is 21.5. The summed E-state index contributed by atoms with van der Waals surface area (Å²) < 4.78 is 5.21. The Morgan fingerprint density at radius 3 is 2.35 bits per heavy atom. The number of anilines is 1. The largest absolute Gasteiger partial charge is 0.383 e. The molecule has 0 aliphatic rings. The number of para-hydroxylation sites is 1. The molecule has 0 aliphatic heterocycles. The molecular formula is C27H33N3O3S. The van der Waals surface area contributed by atoms with E-state index in [-0.39, 0.29) is 18.5 Å². The van der Waals surface area contributed by atoms with Gasteiger partial charge in [0.2, 0.25) is 5.91 Å². The highest BCUT2D eigenvalue weighted by Crippen LogP contribution is 2.20. The van der Waals surface area contributed by atoms with Crippen LogP contribution in [0.3, 0.4) is 0 Å². The van der Waals surface area contributed by atoms with Crippen LogP contribution in [0.5, 0.6) is 0 Å². The molecule has 0 atom stereocenters. The smallest absolute Gasteiger partial charge is 0.322 e. The molecule has 3 aromatic rings. The van der Waals surface area contributed by atoms with Gasteiger partial charge in [-0.3, -0.25) is 4.79 Å². The van der Waals surface area contributed by atoms with Crippen molar-refractivity contribution in [2.24, 2.45) is 0 Å². The maximum Gasteiger partial charge on any atom is 0.322 e. The minimum absolute atomic E-state index is 0.0271. The minimum Gasteiger partial charge on any atom is -0.383 e. The highest BCUT2D eigenvalue weighted by molar-refractivity contribution is 7.11. The summed E-state index contributed by atoms with van der Waals surface area (Å²) >= 11 is 1.68. The second-order valence-corrected chi connectivity index (χ2v) is 9.48. The molecule has 1 N–H and O–H groups in total. The van der Waals surface area contributed by atoms with Crippen molar-refractivity contribution in [2.75, 3.05) is 32.1 Å². The van der Waals surface area contributed by atoms with Crippen LogP contribution in [0.25, 0.3) is 0 Å². The first kappa shape index (κ1) is 25.5. The van der Waals surface area contributed by atoms with Crippen molar-refractivity contribution in [3.05, 3.63) is 87.6 Å². The van der Waals surface area contributed by atoms with Crippen LogP contribution < -0.4 is 5.32 Å². The maximum absolute atomic E-state index is 13.5. The summed E-state index contributed by atoms with van der Waals surface area (Å²) in [5.41, 5.74) is 2.86. The van der Waals surface area contributed by atoms with Crippen LogP contribution in [0.1, 0.15) is 27.8 Å². The number of aryl methyl sites for hydroxylation is 2. The first-order chi connectivity index (χ1) is 16.5. The highest BCUT2D eigenvalue weighted by Gasteiger charge is 2.23. The molecule has 2 aromatic carbocycles. The van der Waals surface area contributed by atoms with Gasteiger partial charge in [-0.1, -0.05) is 55.5 Å². The van der Waals surface area contributed by atoms with Gasteiger partial charge in [-0.25, -0.2) is 4.79 Å². The third-order valence-corrected chi connectivity index (χ3v) is 6.52. The van der Waals surface area contributed by atoms with Gasteiger partial charge in [0.1, 0.15) is 6.54 Å². The van der Waals surface area contributed by atoms with Gasteiger partial charge in [0.05, 0.1) is 13.2 Å². The molecule has 0 aliphatic carbocycles. The number of rotatable bonds is 11. The average molecular weight is 480 g/mol. The lowest BCUT2D eigenvalue weighted by Gasteiger charge is -2.28. The number of carbonyl (C=O) groups excluding carboxylic acids is 2. The number of hydrogen-bond donors (Lipinski definition) is 1. The molecule has 3 rings (SSSR count). The lowest BCUT2D eigenvalue weighted by Crippen LogP contribution is -2.45. The molecule has 1 heterocycles. The molecule has 0 spiro atoms. The van der Waals surface area contributed by atoms with Crippen molar-refractivity contribution in [3.8, 4) is 0 Å². The molecule has 180 valence electrons. The highest BCUT2D eigenvalue weighted by atomic mass is 32.1. The summed E-state index contributed by atoms with van der Waals surface area (Å²) in [7, 11) is 1.59. The predicted octanol–water partition coefficient (Wildman–Crippen LogP) is 5.33. The van der Waals surface area contributed by atoms with Crippen LogP contribution in [0, 0.1) is 6.92 Å². The van der Waals surface area contributed by atoms with E-state index in [1.165, 1.54) is 9.78 Å². The first-order valence-corrected chi connectivity index (χ1v) is 12.3. The number of amides is 3. The van der Waals surface area contributed by atoms with Crippen LogP contribution in [0.15, 0.2) is 66.7 Å². The lowest BCUT2D eigenvalue weighted by molar-refractivity contribution is -0.133. The Balaban J connectivity index is 1.76. The molecule has 1 aromatic heterocycles. The van der Waals surface area contributed by atoms with E-state index in [0.29, 0.717) is 26.2 Å². The van der Waals surface area contributed by atoms with Gasteiger partial charge in [-0.15, -0.1) is 11.3 Å². The summed E-state index contributed by atoms with van der Waals surface area (Å²) in [6.45, 7) is 5.73. The number of methoxy groups -OCH3 is 1. The topological polar surface area (TPSA) is 61.9 Å². The molecule has 0 radical (unpaired) electrons. The molecule has 7 heteroatoms. The van der Waals surface area contributed by atoms with Gasteiger partial charge >= 0.3 is 6.03 Å². The summed E-state index contributed by atoms with van der Waals surface area (Å²) in [5, 5.41) is 2.98. The van der Waals surface area contributed by atoms with E-state index in [1.807, 2.05) is 66.4 Å². The number of nitrogens with one attached hydrogen (secondary N) is 1. The average Bonchev–Trinajstić information content (AvgIpc) is 3.26. The first-order valence-electron chi connectivity index (χ1n) is 11.5. The van der Waals surface area contributed by atoms with E-state index < -0.39 is 0 Å². The standard InChI is InChI=1S/C27H33N3O3S/c1-4-23-12-8-9-13-25(23)28-27(32)29(16-17-33-3)20-26(31)30(18-22-10-6-5-7-11-22)19-24-15-14-21(2)34-24/h5-15H,4,16-20H2,1-3H3,(H,28,32). The SMILES string of the molecule is CCc1ccccc1NC(=O)N(CCOC)CC(=O)N(Cc1ccccc1)Cc1ccc(C)s1. The quantitative estimate of drug-likeness (QED) is 0.404. The third-order valence-electron chi connectivity index (χ3n) is 5.53. The number of carbonyl (C=O) groups is 2. The van der Waals surface area contributed by atoms with Crippen LogP contribution >= 0.6 is 11.3 Å². The van der Waals surface area contributed by atoms with Crippen molar-refractivity contribution in [2.45, 2.75) is 33.4 Å². The third kappa shape index (κ3) is 7.43. The zero-order valence-electron chi connectivity index (χ0n) is 20.1. The molecule has 0 unspecified atom stereocenters. The van der Waals surface area contributed by atoms with Crippen molar-refractivity contribution in [1.82, 2.24) is 9.80 Å². The molecule has 0 fully saturated rings. The summed E-state index contributed by atoms with van der Waals surface area (Å²) in [6.07, 6.45) is 0.804. The Morgan fingerprint density at radius 2 is 1.68 bits per heavy atom. The second-order valence-electron chi connectivity index (χ2n) is 8.10. The zero-order chi connectivity index (χ0) is 24.3. The fraction of sp³-hybridized carbons (Fsp3) is 0.333. The monoisotopic (exact) mass is 479 g/mol. The van der Waals surface area contributed by atoms with Crippen LogP contribution in [-0.2, 0) is 29.0 Å². The number of benzene rings is 2. The molecule has 0 saturated heterocycles. The van der Waals surface area contributed by atoms with Crippen molar-refractivity contribution < 1.29 is 14.3 Å². The number of nitrogens with zero attached hydrogens (tertiary/aromatic N) is 2. The van der Waals surface area contributed by atoms with E-state index in [9.17, 15) is 9.59 Å². The second kappa shape index (κ2) is 12.9.